The van der Waals surface area contributed by atoms with Crippen LogP contribution in [-0.2, 0) is 13.0 Å². The van der Waals surface area contributed by atoms with Crippen molar-refractivity contribution in [3.8, 4) is 0 Å². The fourth-order valence-corrected chi connectivity index (χ4v) is 2.54. The van der Waals surface area contributed by atoms with Crippen LogP contribution in [0.2, 0.25) is 0 Å². The average molecular weight is 267 g/mol. The summed E-state index contributed by atoms with van der Waals surface area (Å²) in [6, 6.07) is 5.86. The Morgan fingerprint density at radius 1 is 1.44 bits per heavy atom. The van der Waals surface area contributed by atoms with E-state index in [2.05, 4.69) is 17.2 Å². The van der Waals surface area contributed by atoms with Gasteiger partial charge in [-0.3, -0.25) is 0 Å². The van der Waals surface area contributed by atoms with Gasteiger partial charge in [-0.1, -0.05) is 12.1 Å². The Kier molecular flexibility index (Phi) is 3.32. The number of halogens is 1. The summed E-state index contributed by atoms with van der Waals surface area (Å²) in [6.07, 6.45) is 0.920. The summed E-state index contributed by atoms with van der Waals surface area (Å²) in [7, 11) is 0. The minimum Gasteiger partial charge on any atom is -0.478 e. The van der Waals surface area contributed by atoms with Crippen LogP contribution in [-0.4, -0.2) is 22.1 Å². The van der Waals surface area contributed by atoms with Crippen molar-refractivity contribution in [3.05, 3.63) is 35.0 Å². The number of fused-ring (bicyclic) bond motifs is 3. The van der Waals surface area contributed by atoms with E-state index in [0.717, 1.165) is 23.9 Å². The SMILES string of the molecule is CC1Cc2[nH]c3c(C(=O)O)cccc3c2CN1.Cl. The third kappa shape index (κ3) is 1.87. The Bertz CT molecular complexity index is 606. The van der Waals surface area contributed by atoms with Gasteiger partial charge in [0.05, 0.1) is 11.1 Å². The van der Waals surface area contributed by atoms with E-state index in [9.17, 15) is 4.79 Å². The number of hydrogen-bond acceptors (Lipinski definition) is 2. The molecule has 1 atom stereocenters. The second kappa shape index (κ2) is 4.63. The molecule has 1 aromatic heterocycles. The third-order valence-corrected chi connectivity index (χ3v) is 3.40. The molecular formula is C13H15ClN2O2. The molecule has 1 unspecified atom stereocenters. The van der Waals surface area contributed by atoms with Gasteiger partial charge in [-0.05, 0) is 18.6 Å². The lowest BCUT2D eigenvalue weighted by molar-refractivity contribution is 0.0699. The van der Waals surface area contributed by atoms with E-state index in [1.54, 1.807) is 12.1 Å². The van der Waals surface area contributed by atoms with Crippen LogP contribution >= 0.6 is 12.4 Å². The maximum atomic E-state index is 11.2. The Morgan fingerprint density at radius 3 is 2.94 bits per heavy atom. The van der Waals surface area contributed by atoms with Crippen LogP contribution in [0.3, 0.4) is 0 Å². The summed E-state index contributed by atoms with van der Waals surface area (Å²) >= 11 is 0. The minimum absolute atomic E-state index is 0. The maximum absolute atomic E-state index is 11.2. The van der Waals surface area contributed by atoms with Crippen molar-refractivity contribution in [1.29, 1.82) is 0 Å². The van der Waals surface area contributed by atoms with Crippen LogP contribution in [0.5, 0.6) is 0 Å². The number of para-hydroxylation sites is 1. The Morgan fingerprint density at radius 2 is 2.22 bits per heavy atom. The molecule has 0 spiro atoms. The summed E-state index contributed by atoms with van der Waals surface area (Å²) < 4.78 is 0. The molecule has 4 nitrogen and oxygen atoms in total. The molecule has 2 aromatic rings. The van der Waals surface area contributed by atoms with Crippen LogP contribution in [0.4, 0.5) is 0 Å². The lowest BCUT2D eigenvalue weighted by atomic mass is 10.0. The molecule has 0 aliphatic carbocycles. The first kappa shape index (κ1) is 12.9. The normalized spacial score (nSPS) is 18.2. The van der Waals surface area contributed by atoms with Crippen molar-refractivity contribution in [2.45, 2.75) is 25.9 Å². The van der Waals surface area contributed by atoms with Crippen LogP contribution in [0.1, 0.15) is 28.5 Å². The van der Waals surface area contributed by atoms with Crippen molar-refractivity contribution >= 4 is 29.3 Å². The van der Waals surface area contributed by atoms with E-state index in [0.29, 0.717) is 11.6 Å². The molecule has 0 bridgehead atoms. The van der Waals surface area contributed by atoms with E-state index < -0.39 is 5.97 Å². The standard InChI is InChI=1S/C13H14N2O2.ClH/c1-7-5-11-10(6-14-7)8-3-2-4-9(13(16)17)12(8)15-11;/h2-4,7,14-15H,5-6H2,1H3,(H,16,17);1H. The second-order valence-corrected chi connectivity index (χ2v) is 4.60. The molecule has 0 fully saturated rings. The predicted molar refractivity (Wildman–Crippen MR) is 72.5 cm³/mol. The van der Waals surface area contributed by atoms with Gasteiger partial charge in [0, 0.05) is 30.1 Å². The first-order valence-electron chi connectivity index (χ1n) is 5.76. The first-order valence-corrected chi connectivity index (χ1v) is 5.76. The molecule has 0 radical (unpaired) electrons. The lowest BCUT2D eigenvalue weighted by Crippen LogP contribution is -2.32. The maximum Gasteiger partial charge on any atom is 0.337 e. The Labute approximate surface area is 111 Å². The largest absolute Gasteiger partial charge is 0.478 e. The summed E-state index contributed by atoms with van der Waals surface area (Å²) in [4.78, 5) is 14.4. The lowest BCUT2D eigenvalue weighted by Gasteiger charge is -2.20. The van der Waals surface area contributed by atoms with E-state index in [1.807, 2.05) is 6.07 Å². The Balaban J connectivity index is 0.00000120. The van der Waals surface area contributed by atoms with Crippen molar-refractivity contribution < 1.29 is 9.90 Å². The number of carbonyl (C=O) groups is 1. The molecule has 0 saturated carbocycles. The molecule has 0 saturated heterocycles. The van der Waals surface area contributed by atoms with Gasteiger partial charge < -0.3 is 15.4 Å². The first-order chi connectivity index (χ1) is 8.16. The van der Waals surface area contributed by atoms with Gasteiger partial charge in [0.15, 0.2) is 0 Å². The van der Waals surface area contributed by atoms with E-state index >= 15 is 0 Å². The molecule has 1 aromatic carbocycles. The van der Waals surface area contributed by atoms with Crippen molar-refractivity contribution in [3.63, 3.8) is 0 Å². The number of aromatic carboxylic acids is 1. The number of H-pyrrole nitrogens is 1. The van der Waals surface area contributed by atoms with Crippen LogP contribution in [0, 0.1) is 0 Å². The summed E-state index contributed by atoms with van der Waals surface area (Å²) in [5.74, 6) is -0.879. The zero-order valence-corrected chi connectivity index (χ0v) is 10.8. The molecule has 1 aliphatic rings. The molecule has 1 aliphatic heterocycles. The van der Waals surface area contributed by atoms with Crippen molar-refractivity contribution in [2.75, 3.05) is 0 Å². The fourth-order valence-electron chi connectivity index (χ4n) is 2.54. The number of hydrogen-bond donors (Lipinski definition) is 3. The highest BCUT2D eigenvalue weighted by atomic mass is 35.5. The molecule has 96 valence electrons. The fraction of sp³-hybridized carbons (Fsp3) is 0.308. The van der Waals surface area contributed by atoms with Gasteiger partial charge in [-0.25, -0.2) is 4.79 Å². The quantitative estimate of drug-likeness (QED) is 0.742. The topological polar surface area (TPSA) is 65.1 Å². The highest BCUT2D eigenvalue weighted by Gasteiger charge is 2.21. The van der Waals surface area contributed by atoms with Crippen molar-refractivity contribution in [2.24, 2.45) is 0 Å². The molecule has 3 N–H and O–H groups in total. The second-order valence-electron chi connectivity index (χ2n) is 4.60. The number of nitrogens with one attached hydrogen (secondary N) is 2. The predicted octanol–water partition coefficient (Wildman–Crippen LogP) is 2.32. The average Bonchev–Trinajstić information content (AvgIpc) is 2.65. The Hall–Kier alpha value is -1.52. The van der Waals surface area contributed by atoms with E-state index in [-0.39, 0.29) is 12.4 Å². The van der Waals surface area contributed by atoms with Gasteiger partial charge in [0.2, 0.25) is 0 Å². The number of rotatable bonds is 1. The molecule has 5 heteroatoms. The summed E-state index contributed by atoms with van der Waals surface area (Å²) in [5.41, 5.74) is 3.48. The molecule has 3 rings (SSSR count). The van der Waals surface area contributed by atoms with Gasteiger partial charge in [-0.15, -0.1) is 12.4 Å². The number of carboxylic acid groups (broad SMARTS) is 1. The highest BCUT2D eigenvalue weighted by molar-refractivity contribution is 6.03. The monoisotopic (exact) mass is 266 g/mol. The van der Waals surface area contributed by atoms with Crippen molar-refractivity contribution in [1.82, 2.24) is 10.3 Å². The van der Waals surface area contributed by atoms with Crippen LogP contribution < -0.4 is 5.32 Å². The molecular weight excluding hydrogens is 252 g/mol. The van der Waals surface area contributed by atoms with Crippen LogP contribution in [0.25, 0.3) is 10.9 Å². The summed E-state index contributed by atoms with van der Waals surface area (Å²) in [6.45, 7) is 2.94. The number of aromatic amines is 1. The smallest absolute Gasteiger partial charge is 0.337 e. The zero-order valence-electron chi connectivity index (χ0n) is 9.99. The van der Waals surface area contributed by atoms with Gasteiger partial charge >= 0.3 is 5.97 Å². The number of aromatic nitrogens is 1. The van der Waals surface area contributed by atoms with Gasteiger partial charge in [-0.2, -0.15) is 0 Å². The van der Waals surface area contributed by atoms with E-state index in [1.165, 1.54) is 11.3 Å². The molecule has 0 amide bonds. The molecule has 2 heterocycles. The third-order valence-electron chi connectivity index (χ3n) is 3.40. The van der Waals surface area contributed by atoms with Gasteiger partial charge in [0.25, 0.3) is 0 Å². The summed E-state index contributed by atoms with van der Waals surface area (Å²) in [5, 5.41) is 13.6. The molecule has 18 heavy (non-hydrogen) atoms. The van der Waals surface area contributed by atoms with Gasteiger partial charge in [0.1, 0.15) is 0 Å². The van der Waals surface area contributed by atoms with E-state index in [4.69, 9.17) is 5.11 Å². The zero-order chi connectivity index (χ0) is 12.0. The minimum atomic E-state index is -0.879. The highest BCUT2D eigenvalue weighted by Crippen LogP contribution is 2.28. The number of carboxylic acids is 1. The number of benzene rings is 1. The van der Waals surface area contributed by atoms with Crippen LogP contribution in [0.15, 0.2) is 18.2 Å².